The maximum absolute atomic E-state index is 13.7. The van der Waals surface area contributed by atoms with Crippen LogP contribution in [0.5, 0.6) is 0 Å². The number of fused-ring (bicyclic) bond motifs is 2. The number of ether oxygens (including phenoxy) is 1. The van der Waals surface area contributed by atoms with E-state index >= 15 is 0 Å². The molecule has 62 heavy (non-hydrogen) atoms. The van der Waals surface area contributed by atoms with Crippen molar-refractivity contribution in [2.24, 2.45) is 13.0 Å². The highest BCUT2D eigenvalue weighted by Gasteiger charge is 2.38. The highest BCUT2D eigenvalue weighted by Crippen LogP contribution is 2.33. The van der Waals surface area contributed by atoms with Gasteiger partial charge in [0.2, 0.25) is 17.8 Å². The van der Waals surface area contributed by atoms with Gasteiger partial charge >= 0.3 is 5.69 Å². The number of nitrogens with one attached hydrogen (secondary N) is 2. The number of anilines is 1. The maximum Gasteiger partial charge on any atom is 0.329 e. The lowest BCUT2D eigenvalue weighted by Gasteiger charge is -2.39. The summed E-state index contributed by atoms with van der Waals surface area (Å²) >= 11 is 0. The Labute approximate surface area is 362 Å². The summed E-state index contributed by atoms with van der Waals surface area (Å²) in [7, 11) is -1.89. The number of aromatic nitrogens is 4. The standard InChI is InChI=1S/C44H56N10O7S/c1-49-40-31(6-4-8-35(40)54(44(49)58)36-10-12-38(56)47-42(36)57)7-5-27-61-34-17-21-50(22-18-34)29-30-13-23-52(24-14-30)62(59,60)53-25-15-33(16-26-53)46-43-45-28-32-9-11-37(55)41(39(32)48-43)51-19-2-3-20-51/h4,6,8-9,11,28,30,33-34,36,41H,2-3,10,12-27,29H2,1H3,(H,45,46,48)(H,47,56,57). The van der Waals surface area contributed by atoms with E-state index in [2.05, 4.69) is 37.3 Å². The molecule has 3 aromatic rings. The van der Waals surface area contributed by atoms with Crippen LogP contribution in [0, 0.1) is 17.8 Å². The number of nitrogens with zero attached hydrogens (tertiary/aromatic N) is 8. The van der Waals surface area contributed by atoms with Crippen LogP contribution in [0.1, 0.15) is 93.1 Å². The molecule has 1 aromatic carbocycles. The first-order valence-corrected chi connectivity index (χ1v) is 23.6. The number of imide groups is 1. The zero-order chi connectivity index (χ0) is 43.0. The molecule has 2 atom stereocenters. The molecule has 5 saturated heterocycles. The molecule has 5 aliphatic heterocycles. The van der Waals surface area contributed by atoms with Crippen molar-refractivity contribution in [3.05, 3.63) is 57.8 Å². The fourth-order valence-electron chi connectivity index (χ4n) is 10.2. The van der Waals surface area contributed by atoms with Crippen LogP contribution >= 0.6 is 0 Å². The lowest BCUT2D eigenvalue weighted by molar-refractivity contribution is -0.135. The second-order valence-corrected chi connectivity index (χ2v) is 19.5. The van der Waals surface area contributed by atoms with E-state index in [9.17, 15) is 27.6 Å². The normalized spacial score (nSPS) is 24.3. The average molecular weight is 869 g/mol. The first-order chi connectivity index (χ1) is 30.0. The maximum atomic E-state index is 13.7. The number of aryl methyl sites for hydroxylation is 1. The van der Waals surface area contributed by atoms with E-state index in [1.54, 1.807) is 40.1 Å². The number of likely N-dealkylation sites (tertiary alicyclic amines) is 2. The van der Waals surface area contributed by atoms with Gasteiger partial charge in [0, 0.05) is 77.1 Å². The van der Waals surface area contributed by atoms with Crippen molar-refractivity contribution in [3.63, 3.8) is 0 Å². The number of imidazole rings is 1. The topological polar surface area (TPSA) is 184 Å². The van der Waals surface area contributed by atoms with Crippen LogP contribution < -0.4 is 16.3 Å². The molecule has 2 N–H and O–H groups in total. The number of amides is 2. The Morgan fingerprint density at radius 3 is 2.34 bits per heavy atom. The van der Waals surface area contributed by atoms with Crippen molar-refractivity contribution in [1.29, 1.82) is 0 Å². The van der Waals surface area contributed by atoms with Gasteiger partial charge in [0.15, 0.2) is 5.78 Å². The summed E-state index contributed by atoms with van der Waals surface area (Å²) in [5.41, 5.74) is 3.21. The van der Waals surface area contributed by atoms with Crippen LogP contribution in [0.3, 0.4) is 0 Å². The molecule has 7 heterocycles. The lowest BCUT2D eigenvalue weighted by Crippen LogP contribution is -2.51. The SMILES string of the molecule is Cn1c(=O)n(C2CCC(=O)NC2=O)c2cccc(C#CCOC3CCN(CC4CCN(S(=O)(=O)N5CCC(Nc6ncc7c(n6)C(N6CCCC6)C(=O)C=C7)CC5)CC4)CC3)c21. The Morgan fingerprint density at radius 2 is 1.61 bits per heavy atom. The monoisotopic (exact) mass is 868 g/mol. The molecule has 2 amide bonds. The highest BCUT2D eigenvalue weighted by atomic mass is 32.2. The third-order valence-corrected chi connectivity index (χ3v) is 15.6. The zero-order valence-electron chi connectivity index (χ0n) is 35.3. The average Bonchev–Trinajstić information content (AvgIpc) is 3.89. The number of rotatable bonds is 10. The molecule has 2 aromatic heterocycles. The molecule has 9 rings (SSSR count). The lowest BCUT2D eigenvalue weighted by atomic mass is 9.96. The number of carbonyl (C=O) groups excluding carboxylic acids is 3. The number of carbonyl (C=O) groups is 3. The van der Waals surface area contributed by atoms with Crippen molar-refractivity contribution in [2.75, 3.05) is 70.8 Å². The van der Waals surface area contributed by atoms with Gasteiger partial charge in [-0.3, -0.25) is 33.7 Å². The Kier molecular flexibility index (Phi) is 12.4. The number of hydrogen-bond acceptors (Lipinski definition) is 12. The first-order valence-electron chi connectivity index (χ1n) is 22.2. The van der Waals surface area contributed by atoms with E-state index in [1.807, 2.05) is 12.1 Å². The third kappa shape index (κ3) is 8.75. The van der Waals surface area contributed by atoms with Crippen LogP contribution in [0.4, 0.5) is 5.95 Å². The van der Waals surface area contributed by atoms with E-state index in [-0.39, 0.29) is 55.0 Å². The molecule has 17 nitrogen and oxygen atoms in total. The quantitative estimate of drug-likeness (QED) is 0.224. The highest BCUT2D eigenvalue weighted by molar-refractivity contribution is 7.86. The summed E-state index contributed by atoms with van der Waals surface area (Å²) in [4.78, 5) is 64.4. The van der Waals surface area contributed by atoms with Gasteiger partial charge in [-0.15, -0.1) is 0 Å². The van der Waals surface area contributed by atoms with Gasteiger partial charge in [-0.1, -0.05) is 17.9 Å². The van der Waals surface area contributed by atoms with Crippen molar-refractivity contribution in [3.8, 4) is 11.8 Å². The number of ketones is 1. The van der Waals surface area contributed by atoms with Crippen LogP contribution in [0.25, 0.3) is 17.1 Å². The number of piperidine rings is 4. The van der Waals surface area contributed by atoms with Crippen LogP contribution in [-0.2, 0) is 36.4 Å². The van der Waals surface area contributed by atoms with E-state index in [1.165, 1.54) is 9.13 Å². The second kappa shape index (κ2) is 18.1. The molecule has 6 aliphatic rings. The first kappa shape index (κ1) is 42.5. The summed E-state index contributed by atoms with van der Waals surface area (Å²) in [6.07, 6.45) is 12.7. The minimum Gasteiger partial charge on any atom is -0.365 e. The van der Waals surface area contributed by atoms with Crippen molar-refractivity contribution in [2.45, 2.75) is 88.4 Å². The zero-order valence-corrected chi connectivity index (χ0v) is 36.2. The summed E-state index contributed by atoms with van der Waals surface area (Å²) in [6, 6.07) is 4.39. The largest absolute Gasteiger partial charge is 0.365 e. The molecule has 0 radical (unpaired) electrons. The van der Waals surface area contributed by atoms with Crippen LogP contribution in [0.2, 0.25) is 0 Å². The predicted octanol–water partition coefficient (Wildman–Crippen LogP) is 2.21. The van der Waals surface area contributed by atoms with Gasteiger partial charge in [0.25, 0.3) is 10.2 Å². The van der Waals surface area contributed by atoms with Crippen LogP contribution in [0.15, 0.2) is 35.3 Å². The Bertz CT molecular complexity index is 2460. The molecule has 0 saturated carbocycles. The van der Waals surface area contributed by atoms with Gasteiger partial charge < -0.3 is 15.0 Å². The predicted molar refractivity (Wildman–Crippen MR) is 232 cm³/mol. The molecule has 18 heteroatoms. The molecule has 0 spiro atoms. The summed E-state index contributed by atoms with van der Waals surface area (Å²) in [6.45, 7) is 6.74. The van der Waals surface area contributed by atoms with E-state index < -0.39 is 22.2 Å². The molecular weight excluding hydrogens is 813 g/mol. The molecule has 2 unspecified atom stereocenters. The fourth-order valence-corrected chi connectivity index (χ4v) is 11.8. The number of benzene rings is 1. The van der Waals surface area contributed by atoms with Gasteiger partial charge in [0.05, 0.1) is 28.4 Å². The smallest absolute Gasteiger partial charge is 0.329 e. The van der Waals surface area contributed by atoms with E-state index in [4.69, 9.17) is 9.72 Å². The Morgan fingerprint density at radius 1 is 0.887 bits per heavy atom. The minimum atomic E-state index is -3.56. The molecule has 1 aliphatic carbocycles. The minimum absolute atomic E-state index is 0.0416. The summed E-state index contributed by atoms with van der Waals surface area (Å²) in [5.74, 6) is 6.50. The van der Waals surface area contributed by atoms with Crippen LogP contribution in [-0.4, -0.2) is 141 Å². The Balaban J connectivity index is 0.701. The van der Waals surface area contributed by atoms with Gasteiger partial charge in [0.1, 0.15) is 18.7 Å². The molecule has 5 fully saturated rings. The van der Waals surface area contributed by atoms with Gasteiger partial charge in [-0.05, 0) is 101 Å². The van der Waals surface area contributed by atoms with Crippen molar-refractivity contribution in [1.82, 2.24) is 42.8 Å². The molecule has 330 valence electrons. The van der Waals surface area contributed by atoms with Crippen molar-refractivity contribution >= 4 is 50.9 Å². The van der Waals surface area contributed by atoms with Gasteiger partial charge in [-0.25, -0.2) is 14.8 Å². The Hall–Kier alpha value is -4.77. The second-order valence-electron chi connectivity index (χ2n) is 17.5. The molecular formula is C44H56N10O7S. The summed E-state index contributed by atoms with van der Waals surface area (Å²) < 4.78 is 39.9. The fraction of sp³-hybridized carbons (Fsp3) is 0.591. The number of hydrogen-bond donors (Lipinski definition) is 2. The summed E-state index contributed by atoms with van der Waals surface area (Å²) in [5, 5.41) is 5.78. The van der Waals surface area contributed by atoms with Gasteiger partial charge in [-0.2, -0.15) is 17.0 Å². The molecule has 0 bridgehead atoms. The van der Waals surface area contributed by atoms with Crippen molar-refractivity contribution < 1.29 is 27.5 Å². The van der Waals surface area contributed by atoms with E-state index in [0.717, 1.165) is 82.5 Å². The number of para-hydroxylation sites is 1. The third-order valence-electron chi connectivity index (χ3n) is 13.6. The van der Waals surface area contributed by atoms with E-state index in [0.29, 0.717) is 67.5 Å².